The fourth-order valence-corrected chi connectivity index (χ4v) is 1.32. The molecule has 80 valence electrons. The SMILES string of the molecule is c1coc(COc2ncc3[nH]cnc3n2)c1. The van der Waals surface area contributed by atoms with Crippen molar-refractivity contribution >= 4 is 11.2 Å². The molecule has 3 aromatic heterocycles. The number of hydrogen-bond acceptors (Lipinski definition) is 5. The molecule has 0 radical (unpaired) electrons. The van der Waals surface area contributed by atoms with Crippen molar-refractivity contribution in [3.63, 3.8) is 0 Å². The van der Waals surface area contributed by atoms with Gasteiger partial charge in [0.15, 0.2) is 5.65 Å². The second-order valence-electron chi connectivity index (χ2n) is 3.16. The molecule has 0 saturated carbocycles. The summed E-state index contributed by atoms with van der Waals surface area (Å²) in [6, 6.07) is 3.92. The van der Waals surface area contributed by atoms with E-state index in [4.69, 9.17) is 9.15 Å². The fraction of sp³-hybridized carbons (Fsp3) is 0.100. The molecule has 0 atom stereocenters. The lowest BCUT2D eigenvalue weighted by Gasteiger charge is -2.00. The highest BCUT2D eigenvalue weighted by Crippen LogP contribution is 2.10. The number of hydrogen-bond donors (Lipinski definition) is 1. The molecule has 0 aliphatic heterocycles. The lowest BCUT2D eigenvalue weighted by Crippen LogP contribution is -1.98. The van der Waals surface area contributed by atoms with Gasteiger partial charge in [-0.05, 0) is 12.1 Å². The Kier molecular flexibility index (Phi) is 2.03. The van der Waals surface area contributed by atoms with Gasteiger partial charge in [0.1, 0.15) is 17.9 Å². The van der Waals surface area contributed by atoms with Crippen LogP contribution in [0.5, 0.6) is 6.01 Å². The summed E-state index contributed by atoms with van der Waals surface area (Å²) < 4.78 is 10.5. The number of ether oxygens (including phenoxy) is 1. The van der Waals surface area contributed by atoms with Crippen LogP contribution in [0.4, 0.5) is 0 Å². The van der Waals surface area contributed by atoms with E-state index in [0.29, 0.717) is 12.3 Å². The zero-order chi connectivity index (χ0) is 10.8. The largest absolute Gasteiger partial charge is 0.466 e. The van der Waals surface area contributed by atoms with Gasteiger partial charge in [-0.25, -0.2) is 9.97 Å². The summed E-state index contributed by atoms with van der Waals surface area (Å²) in [4.78, 5) is 15.1. The predicted octanol–water partition coefficient (Wildman–Crippen LogP) is 1.52. The topological polar surface area (TPSA) is 76.8 Å². The highest BCUT2D eigenvalue weighted by atomic mass is 16.5. The maximum absolute atomic E-state index is 5.36. The van der Waals surface area contributed by atoms with Crippen LogP contribution in [-0.4, -0.2) is 19.9 Å². The van der Waals surface area contributed by atoms with Crippen LogP contribution in [-0.2, 0) is 6.61 Å². The Bertz CT molecular complexity index is 588. The molecule has 0 spiro atoms. The van der Waals surface area contributed by atoms with Crippen molar-refractivity contribution < 1.29 is 9.15 Å². The molecule has 6 nitrogen and oxygen atoms in total. The number of H-pyrrole nitrogens is 1. The van der Waals surface area contributed by atoms with Gasteiger partial charge in [-0.15, -0.1) is 0 Å². The van der Waals surface area contributed by atoms with Crippen molar-refractivity contribution in [3.8, 4) is 6.01 Å². The molecule has 16 heavy (non-hydrogen) atoms. The Hall–Kier alpha value is -2.37. The van der Waals surface area contributed by atoms with Gasteiger partial charge in [0, 0.05) is 0 Å². The molecule has 0 unspecified atom stereocenters. The quantitative estimate of drug-likeness (QED) is 0.718. The zero-order valence-electron chi connectivity index (χ0n) is 8.25. The monoisotopic (exact) mass is 216 g/mol. The van der Waals surface area contributed by atoms with Crippen LogP contribution in [0.3, 0.4) is 0 Å². The highest BCUT2D eigenvalue weighted by Gasteiger charge is 2.03. The van der Waals surface area contributed by atoms with Crippen LogP contribution in [0.1, 0.15) is 5.76 Å². The maximum atomic E-state index is 5.36. The van der Waals surface area contributed by atoms with Crippen molar-refractivity contribution in [2.75, 3.05) is 0 Å². The maximum Gasteiger partial charge on any atom is 0.318 e. The number of aromatic amines is 1. The van der Waals surface area contributed by atoms with Crippen molar-refractivity contribution in [1.82, 2.24) is 19.9 Å². The zero-order valence-corrected chi connectivity index (χ0v) is 8.25. The van der Waals surface area contributed by atoms with E-state index in [-0.39, 0.29) is 6.01 Å². The summed E-state index contributed by atoms with van der Waals surface area (Å²) in [6.45, 7) is 0.308. The first-order valence-corrected chi connectivity index (χ1v) is 4.73. The lowest BCUT2D eigenvalue weighted by atomic mass is 10.5. The van der Waals surface area contributed by atoms with Gasteiger partial charge in [0.2, 0.25) is 0 Å². The number of imidazole rings is 1. The van der Waals surface area contributed by atoms with Gasteiger partial charge in [0.25, 0.3) is 0 Å². The fourth-order valence-electron chi connectivity index (χ4n) is 1.32. The van der Waals surface area contributed by atoms with Crippen LogP contribution in [0, 0.1) is 0 Å². The summed E-state index contributed by atoms with van der Waals surface area (Å²) >= 11 is 0. The molecule has 6 heteroatoms. The number of rotatable bonds is 3. The smallest absolute Gasteiger partial charge is 0.318 e. The average Bonchev–Trinajstić information content (AvgIpc) is 2.97. The number of nitrogens with one attached hydrogen (secondary N) is 1. The van der Waals surface area contributed by atoms with E-state index >= 15 is 0 Å². The van der Waals surface area contributed by atoms with E-state index in [2.05, 4.69) is 19.9 Å². The first kappa shape index (κ1) is 8.90. The minimum absolute atomic E-state index is 0.288. The van der Waals surface area contributed by atoms with Gasteiger partial charge >= 0.3 is 6.01 Å². The average molecular weight is 216 g/mol. The van der Waals surface area contributed by atoms with E-state index in [1.54, 1.807) is 24.9 Å². The van der Waals surface area contributed by atoms with Crippen LogP contribution in [0.15, 0.2) is 35.3 Å². The summed E-state index contributed by atoms with van der Waals surface area (Å²) in [6.07, 6.45) is 4.79. The molecule has 3 aromatic rings. The lowest BCUT2D eigenvalue weighted by molar-refractivity contribution is 0.251. The highest BCUT2D eigenvalue weighted by molar-refractivity contribution is 5.68. The molecule has 3 heterocycles. The first-order chi connectivity index (χ1) is 7.92. The van der Waals surface area contributed by atoms with Crippen molar-refractivity contribution in [2.45, 2.75) is 6.61 Å². The van der Waals surface area contributed by atoms with E-state index in [1.807, 2.05) is 6.07 Å². The van der Waals surface area contributed by atoms with E-state index in [0.717, 1.165) is 11.3 Å². The minimum Gasteiger partial charge on any atom is -0.466 e. The number of nitrogens with zero attached hydrogens (tertiary/aromatic N) is 3. The molecule has 3 rings (SSSR count). The van der Waals surface area contributed by atoms with Crippen LogP contribution < -0.4 is 4.74 Å². The molecular weight excluding hydrogens is 208 g/mol. The molecule has 0 saturated heterocycles. The Morgan fingerprint density at radius 3 is 3.25 bits per heavy atom. The molecule has 0 amide bonds. The molecule has 0 aliphatic carbocycles. The van der Waals surface area contributed by atoms with E-state index < -0.39 is 0 Å². The number of furan rings is 1. The second-order valence-corrected chi connectivity index (χ2v) is 3.16. The third-order valence-corrected chi connectivity index (χ3v) is 2.08. The van der Waals surface area contributed by atoms with Crippen molar-refractivity contribution in [1.29, 1.82) is 0 Å². The van der Waals surface area contributed by atoms with E-state index in [1.165, 1.54) is 0 Å². The minimum atomic E-state index is 0.288. The third kappa shape index (κ3) is 1.60. The molecule has 1 N–H and O–H groups in total. The van der Waals surface area contributed by atoms with Crippen LogP contribution in [0.25, 0.3) is 11.2 Å². The third-order valence-electron chi connectivity index (χ3n) is 2.08. The molecule has 0 aromatic carbocycles. The molecule has 0 bridgehead atoms. The van der Waals surface area contributed by atoms with Crippen molar-refractivity contribution in [2.24, 2.45) is 0 Å². The Morgan fingerprint density at radius 1 is 1.38 bits per heavy atom. The number of fused-ring (bicyclic) bond motifs is 1. The normalized spacial score (nSPS) is 10.8. The summed E-state index contributed by atoms with van der Waals surface area (Å²) in [5.74, 6) is 0.728. The number of aromatic nitrogens is 4. The van der Waals surface area contributed by atoms with Crippen LogP contribution >= 0.6 is 0 Å². The van der Waals surface area contributed by atoms with E-state index in [9.17, 15) is 0 Å². The Labute approximate surface area is 90.3 Å². The Balaban J connectivity index is 1.78. The van der Waals surface area contributed by atoms with Gasteiger partial charge in [0.05, 0.1) is 18.8 Å². The first-order valence-electron chi connectivity index (χ1n) is 4.73. The predicted molar refractivity (Wildman–Crippen MR) is 54.7 cm³/mol. The van der Waals surface area contributed by atoms with Crippen LogP contribution in [0.2, 0.25) is 0 Å². The summed E-state index contributed by atoms with van der Waals surface area (Å²) in [5, 5.41) is 0. The second kappa shape index (κ2) is 3.65. The molecule has 0 aliphatic rings. The molecular formula is C10H8N4O2. The molecule has 0 fully saturated rings. The van der Waals surface area contributed by atoms with Gasteiger partial charge in [-0.2, -0.15) is 4.98 Å². The van der Waals surface area contributed by atoms with Gasteiger partial charge in [-0.1, -0.05) is 0 Å². The Morgan fingerprint density at radius 2 is 2.38 bits per heavy atom. The van der Waals surface area contributed by atoms with Gasteiger partial charge < -0.3 is 14.1 Å². The van der Waals surface area contributed by atoms with Crippen molar-refractivity contribution in [3.05, 3.63) is 36.7 Å². The summed E-state index contributed by atoms with van der Waals surface area (Å²) in [7, 11) is 0. The standard InChI is InChI=1S/C10H8N4O2/c1-2-7(15-3-1)5-16-10-11-4-8-9(14-10)13-6-12-8/h1-4,6H,5H2,(H,11,12,13,14). The van der Waals surface area contributed by atoms with Gasteiger partial charge in [-0.3, -0.25) is 0 Å². The summed E-state index contributed by atoms with van der Waals surface area (Å²) in [5.41, 5.74) is 1.37.